The molecule has 1 saturated heterocycles. The van der Waals surface area contributed by atoms with Crippen molar-refractivity contribution in [3.63, 3.8) is 0 Å². The van der Waals surface area contributed by atoms with E-state index in [1.807, 2.05) is 11.0 Å². The van der Waals surface area contributed by atoms with Crippen LogP contribution in [0.4, 0.5) is 5.82 Å². The van der Waals surface area contributed by atoms with Gasteiger partial charge in [0.05, 0.1) is 23.3 Å². The minimum absolute atomic E-state index is 0.312. The summed E-state index contributed by atoms with van der Waals surface area (Å²) in [4.78, 5) is 6.55. The van der Waals surface area contributed by atoms with Crippen molar-refractivity contribution >= 4 is 28.3 Å². The quantitative estimate of drug-likeness (QED) is 0.866. The number of hydrogen-bond acceptors (Lipinski definition) is 4. The van der Waals surface area contributed by atoms with Crippen LogP contribution < -0.4 is 4.90 Å². The molecule has 0 unspecified atom stereocenters. The zero-order valence-electron chi connectivity index (χ0n) is 10.2. The molecule has 1 atom stereocenters. The number of anilines is 1. The molecule has 1 aromatic heterocycles. The number of nitriles is 1. The molecule has 1 aromatic carbocycles. The molecule has 3 rings (SSSR count). The molecule has 1 aliphatic heterocycles. The fourth-order valence-electron chi connectivity index (χ4n) is 2.39. The maximum Gasteiger partial charge on any atom is 0.130 e. The summed E-state index contributed by atoms with van der Waals surface area (Å²) in [5, 5.41) is 20.2. The highest BCUT2D eigenvalue weighted by Gasteiger charge is 2.22. The molecule has 0 bridgehead atoms. The van der Waals surface area contributed by atoms with E-state index in [1.54, 1.807) is 18.2 Å². The maximum atomic E-state index is 9.59. The molecule has 1 N–H and O–H groups in total. The third-order valence-corrected chi connectivity index (χ3v) is 3.60. The van der Waals surface area contributed by atoms with Crippen molar-refractivity contribution in [2.45, 2.75) is 12.5 Å². The van der Waals surface area contributed by atoms with Crippen LogP contribution >= 0.6 is 11.6 Å². The van der Waals surface area contributed by atoms with Gasteiger partial charge in [-0.05, 0) is 30.7 Å². The molecular weight excluding hydrogens is 262 g/mol. The molecule has 1 aliphatic rings. The second-order valence-corrected chi connectivity index (χ2v) is 5.13. The zero-order chi connectivity index (χ0) is 13.4. The van der Waals surface area contributed by atoms with Crippen molar-refractivity contribution < 1.29 is 5.11 Å². The Hall–Kier alpha value is -1.83. The Balaban J connectivity index is 2.13. The monoisotopic (exact) mass is 273 g/mol. The Morgan fingerprint density at radius 2 is 2.26 bits per heavy atom. The van der Waals surface area contributed by atoms with Crippen LogP contribution in [0.3, 0.4) is 0 Å². The molecule has 5 heteroatoms. The maximum absolute atomic E-state index is 9.59. The second kappa shape index (κ2) is 4.69. The molecule has 0 aliphatic carbocycles. The van der Waals surface area contributed by atoms with Crippen molar-refractivity contribution in [3.05, 3.63) is 34.9 Å². The minimum Gasteiger partial charge on any atom is -0.391 e. The summed E-state index contributed by atoms with van der Waals surface area (Å²) in [7, 11) is 0. The Kier molecular flexibility index (Phi) is 3.02. The number of hydrogen-bond donors (Lipinski definition) is 1. The molecular formula is C14H12ClN3O. The van der Waals surface area contributed by atoms with E-state index < -0.39 is 0 Å². The first-order valence-corrected chi connectivity index (χ1v) is 6.48. The lowest BCUT2D eigenvalue weighted by atomic mass is 10.1. The van der Waals surface area contributed by atoms with E-state index in [2.05, 4.69) is 11.1 Å². The van der Waals surface area contributed by atoms with Crippen molar-refractivity contribution in [2.24, 2.45) is 0 Å². The fourth-order valence-corrected chi connectivity index (χ4v) is 2.56. The van der Waals surface area contributed by atoms with Crippen LogP contribution in [-0.4, -0.2) is 29.3 Å². The molecule has 1 fully saturated rings. The van der Waals surface area contributed by atoms with Crippen LogP contribution in [-0.2, 0) is 0 Å². The summed E-state index contributed by atoms with van der Waals surface area (Å²) in [5.74, 6) is 0.739. The predicted molar refractivity (Wildman–Crippen MR) is 74.3 cm³/mol. The summed E-state index contributed by atoms with van der Waals surface area (Å²) < 4.78 is 0. The van der Waals surface area contributed by atoms with Crippen molar-refractivity contribution in [3.8, 4) is 6.07 Å². The van der Waals surface area contributed by atoms with Gasteiger partial charge in [0.15, 0.2) is 0 Å². The van der Waals surface area contributed by atoms with Crippen LogP contribution in [0, 0.1) is 11.3 Å². The Morgan fingerprint density at radius 1 is 1.42 bits per heavy atom. The molecule has 96 valence electrons. The lowest BCUT2D eigenvalue weighted by molar-refractivity contribution is 0.198. The van der Waals surface area contributed by atoms with Gasteiger partial charge in [-0.2, -0.15) is 5.26 Å². The van der Waals surface area contributed by atoms with Gasteiger partial charge in [0.25, 0.3) is 0 Å². The van der Waals surface area contributed by atoms with Gasteiger partial charge < -0.3 is 10.0 Å². The Labute approximate surface area is 115 Å². The molecule has 0 radical (unpaired) electrons. The molecule has 0 spiro atoms. The molecule has 2 aromatic rings. The van der Waals surface area contributed by atoms with Crippen LogP contribution in [0.5, 0.6) is 0 Å². The standard InChI is InChI=1S/C14H12ClN3O/c15-10-1-2-13-12(6-10)9(7-16)5-14(17-13)18-4-3-11(19)8-18/h1-2,5-6,11,19H,3-4,8H2/t11-/m1/s1. The van der Waals surface area contributed by atoms with E-state index in [-0.39, 0.29) is 6.10 Å². The average molecular weight is 274 g/mol. The van der Waals surface area contributed by atoms with E-state index in [0.29, 0.717) is 17.1 Å². The van der Waals surface area contributed by atoms with Gasteiger partial charge in [0, 0.05) is 23.5 Å². The molecule has 0 saturated carbocycles. The molecule has 0 amide bonds. The van der Waals surface area contributed by atoms with Crippen molar-refractivity contribution in [2.75, 3.05) is 18.0 Å². The van der Waals surface area contributed by atoms with Gasteiger partial charge in [-0.25, -0.2) is 4.98 Å². The first-order chi connectivity index (χ1) is 9.17. The number of aliphatic hydroxyl groups excluding tert-OH is 1. The third-order valence-electron chi connectivity index (χ3n) is 3.37. The number of fused-ring (bicyclic) bond motifs is 1. The highest BCUT2D eigenvalue weighted by atomic mass is 35.5. The van der Waals surface area contributed by atoms with Gasteiger partial charge in [0.2, 0.25) is 0 Å². The Bertz CT molecular complexity index is 680. The van der Waals surface area contributed by atoms with Gasteiger partial charge in [0.1, 0.15) is 5.82 Å². The lowest BCUT2D eigenvalue weighted by Crippen LogP contribution is -2.22. The number of halogens is 1. The Morgan fingerprint density at radius 3 is 2.95 bits per heavy atom. The first kappa shape index (κ1) is 12.2. The van der Waals surface area contributed by atoms with Crippen molar-refractivity contribution in [1.82, 2.24) is 4.98 Å². The number of benzene rings is 1. The van der Waals surface area contributed by atoms with E-state index in [0.717, 1.165) is 29.7 Å². The summed E-state index contributed by atoms with van der Waals surface area (Å²) in [6.07, 6.45) is 0.427. The van der Waals surface area contributed by atoms with Crippen molar-refractivity contribution in [1.29, 1.82) is 5.26 Å². The third kappa shape index (κ3) is 2.23. The van der Waals surface area contributed by atoms with Gasteiger partial charge in [-0.15, -0.1) is 0 Å². The van der Waals surface area contributed by atoms with Gasteiger partial charge in [-0.1, -0.05) is 11.6 Å². The SMILES string of the molecule is N#Cc1cc(N2CC[C@@H](O)C2)nc2ccc(Cl)cc12. The highest BCUT2D eigenvalue weighted by molar-refractivity contribution is 6.31. The molecule has 4 nitrogen and oxygen atoms in total. The highest BCUT2D eigenvalue weighted by Crippen LogP contribution is 2.27. The predicted octanol–water partition coefficient (Wildman–Crippen LogP) is 2.33. The van der Waals surface area contributed by atoms with Crippen LogP contribution in [0.1, 0.15) is 12.0 Å². The second-order valence-electron chi connectivity index (χ2n) is 4.69. The van der Waals surface area contributed by atoms with E-state index in [1.165, 1.54) is 0 Å². The number of aliphatic hydroxyl groups is 1. The minimum atomic E-state index is -0.312. The first-order valence-electron chi connectivity index (χ1n) is 6.11. The summed E-state index contributed by atoms with van der Waals surface area (Å²) in [6, 6.07) is 9.28. The van der Waals surface area contributed by atoms with Gasteiger partial charge in [-0.3, -0.25) is 0 Å². The number of rotatable bonds is 1. The zero-order valence-corrected chi connectivity index (χ0v) is 10.9. The average Bonchev–Trinajstić information content (AvgIpc) is 2.84. The largest absolute Gasteiger partial charge is 0.391 e. The summed E-state index contributed by atoms with van der Waals surface area (Å²) >= 11 is 5.95. The smallest absolute Gasteiger partial charge is 0.130 e. The molecule has 19 heavy (non-hydrogen) atoms. The molecule has 2 heterocycles. The van der Waals surface area contributed by atoms with Crippen LogP contribution in [0.25, 0.3) is 10.9 Å². The van der Waals surface area contributed by atoms with E-state index in [4.69, 9.17) is 11.6 Å². The fraction of sp³-hybridized carbons (Fsp3) is 0.286. The summed E-state index contributed by atoms with van der Waals surface area (Å²) in [6.45, 7) is 1.33. The topological polar surface area (TPSA) is 60.2 Å². The lowest BCUT2D eigenvalue weighted by Gasteiger charge is -2.17. The normalized spacial score (nSPS) is 18.8. The van der Waals surface area contributed by atoms with E-state index in [9.17, 15) is 10.4 Å². The van der Waals surface area contributed by atoms with Crippen LogP contribution in [0.15, 0.2) is 24.3 Å². The number of nitrogens with zero attached hydrogens (tertiary/aromatic N) is 3. The number of aromatic nitrogens is 1. The van der Waals surface area contributed by atoms with Gasteiger partial charge >= 0.3 is 0 Å². The number of β-amino-alcohol motifs (C(OH)–C–C–N with tert-alkyl or cyclic N) is 1. The number of pyridine rings is 1. The summed E-state index contributed by atoms with van der Waals surface area (Å²) in [5.41, 5.74) is 1.31. The van der Waals surface area contributed by atoms with E-state index >= 15 is 0 Å². The van der Waals surface area contributed by atoms with Crippen LogP contribution in [0.2, 0.25) is 5.02 Å².